The van der Waals surface area contributed by atoms with Crippen molar-refractivity contribution in [3.63, 3.8) is 0 Å². The zero-order valence-electron chi connectivity index (χ0n) is 24.0. The molecule has 1 amide bonds. The van der Waals surface area contributed by atoms with Gasteiger partial charge in [0.2, 0.25) is 5.88 Å². The number of ether oxygens (including phenoxy) is 2. The van der Waals surface area contributed by atoms with Crippen LogP contribution in [-0.4, -0.2) is 85.7 Å². The normalized spacial score (nSPS) is 15.4. The van der Waals surface area contributed by atoms with Crippen molar-refractivity contribution in [3.05, 3.63) is 88.5 Å². The molecule has 1 saturated heterocycles. The number of nitriles is 1. The topological polar surface area (TPSA) is 85.2 Å². The number of aromatic nitrogens is 1. The number of anilines is 1. The number of carbonyl (C=O) groups is 1. The van der Waals surface area contributed by atoms with Crippen molar-refractivity contribution in [2.24, 2.45) is 0 Å². The van der Waals surface area contributed by atoms with E-state index in [1.807, 2.05) is 55.4 Å². The summed E-state index contributed by atoms with van der Waals surface area (Å²) in [5, 5.41) is 10.2. The first-order chi connectivity index (χ1) is 20.0. The van der Waals surface area contributed by atoms with Gasteiger partial charge < -0.3 is 24.2 Å². The summed E-state index contributed by atoms with van der Waals surface area (Å²) in [6.07, 6.45) is 0.504. The molecule has 1 fully saturated rings. The summed E-state index contributed by atoms with van der Waals surface area (Å²) in [7, 11) is 3.98. The molecule has 9 heteroatoms. The fraction of sp³-hybridized carbons (Fsp3) is 0.406. The fourth-order valence-corrected chi connectivity index (χ4v) is 5.34. The average Bonchev–Trinajstić information content (AvgIpc) is 3.00. The van der Waals surface area contributed by atoms with Gasteiger partial charge in [0, 0.05) is 57.9 Å². The molecular formula is C32H38N6O3. The first-order valence-electron chi connectivity index (χ1n) is 14.2. The lowest BCUT2D eigenvalue weighted by Crippen LogP contribution is -2.49. The maximum atomic E-state index is 12.7. The number of hydrogen-bond donors (Lipinski definition) is 0. The van der Waals surface area contributed by atoms with Crippen LogP contribution in [0.2, 0.25) is 0 Å². The molecule has 0 aliphatic carbocycles. The van der Waals surface area contributed by atoms with E-state index in [9.17, 15) is 10.1 Å². The first-order valence-corrected chi connectivity index (χ1v) is 14.2. The Kier molecular flexibility index (Phi) is 9.34. The molecule has 0 saturated carbocycles. The van der Waals surface area contributed by atoms with E-state index in [-0.39, 0.29) is 12.7 Å². The van der Waals surface area contributed by atoms with Crippen molar-refractivity contribution >= 4 is 11.9 Å². The van der Waals surface area contributed by atoms with Gasteiger partial charge in [-0.3, -0.25) is 4.90 Å². The van der Waals surface area contributed by atoms with Crippen LogP contribution in [0.15, 0.2) is 60.7 Å². The maximum Gasteiger partial charge on any atom is 0.410 e. The Bertz CT molecular complexity index is 1350. The molecule has 0 unspecified atom stereocenters. The average molecular weight is 555 g/mol. The Morgan fingerprint density at radius 3 is 2.29 bits per heavy atom. The van der Waals surface area contributed by atoms with E-state index in [4.69, 9.17) is 14.5 Å². The van der Waals surface area contributed by atoms with Gasteiger partial charge >= 0.3 is 6.09 Å². The van der Waals surface area contributed by atoms with Gasteiger partial charge in [0.15, 0.2) is 0 Å². The van der Waals surface area contributed by atoms with Gasteiger partial charge in [0.05, 0.1) is 0 Å². The summed E-state index contributed by atoms with van der Waals surface area (Å²) in [6.45, 7) is 6.16. The number of piperazine rings is 1. The molecule has 2 aliphatic heterocycles. The molecule has 2 aromatic carbocycles. The molecule has 41 heavy (non-hydrogen) atoms. The molecule has 0 atom stereocenters. The summed E-state index contributed by atoms with van der Waals surface area (Å²) in [5.74, 6) is 1.27. The molecule has 2 aliphatic rings. The maximum absolute atomic E-state index is 12.7. The lowest BCUT2D eigenvalue weighted by molar-refractivity contribution is 0.0941. The smallest absolute Gasteiger partial charge is 0.410 e. The van der Waals surface area contributed by atoms with Crippen molar-refractivity contribution < 1.29 is 14.3 Å². The van der Waals surface area contributed by atoms with E-state index < -0.39 is 0 Å². The lowest BCUT2D eigenvalue weighted by Gasteiger charge is -2.38. The Morgan fingerprint density at radius 2 is 1.63 bits per heavy atom. The van der Waals surface area contributed by atoms with Crippen molar-refractivity contribution in [3.8, 4) is 11.9 Å². The molecule has 0 bridgehead atoms. The number of carbonyl (C=O) groups excluding carboxylic acids is 1. The number of benzene rings is 2. The van der Waals surface area contributed by atoms with Gasteiger partial charge in [-0.2, -0.15) is 10.2 Å². The molecule has 0 spiro atoms. The van der Waals surface area contributed by atoms with Crippen molar-refractivity contribution in [2.45, 2.75) is 26.1 Å². The highest BCUT2D eigenvalue weighted by Crippen LogP contribution is 2.35. The Balaban J connectivity index is 1.33. The van der Waals surface area contributed by atoms with Crippen LogP contribution < -0.4 is 9.64 Å². The number of fused-ring (bicyclic) bond motifs is 1. The third-order valence-corrected chi connectivity index (χ3v) is 7.60. The third-order valence-electron chi connectivity index (χ3n) is 7.60. The van der Waals surface area contributed by atoms with Gasteiger partial charge in [-0.15, -0.1) is 0 Å². The van der Waals surface area contributed by atoms with Gasteiger partial charge in [-0.25, -0.2) is 4.79 Å². The van der Waals surface area contributed by atoms with Crippen molar-refractivity contribution in [1.82, 2.24) is 19.7 Å². The molecule has 1 aromatic heterocycles. The third kappa shape index (κ3) is 7.15. The van der Waals surface area contributed by atoms with E-state index in [0.717, 1.165) is 48.6 Å². The van der Waals surface area contributed by atoms with Gasteiger partial charge in [0.25, 0.3) is 0 Å². The van der Waals surface area contributed by atoms with Crippen LogP contribution in [0.25, 0.3) is 0 Å². The standard InChI is InChI=1S/C32H38N6O3/c1-35(2)19-20-40-31-28(21-33)29-23-36(22-25-9-5-3-6-10-25)14-13-27(29)30(34-31)37-15-17-38(18-16-37)32(39)41-24-26-11-7-4-8-12-26/h3-12H,13-20,22-24H2,1-2H3. The molecular weight excluding hydrogens is 516 g/mol. The summed E-state index contributed by atoms with van der Waals surface area (Å²) in [4.78, 5) is 26.1. The van der Waals surface area contributed by atoms with Crippen LogP contribution in [0.1, 0.15) is 27.8 Å². The molecule has 0 N–H and O–H groups in total. The van der Waals surface area contributed by atoms with Crippen LogP contribution in [0.4, 0.5) is 10.6 Å². The van der Waals surface area contributed by atoms with Crippen LogP contribution >= 0.6 is 0 Å². The summed E-state index contributed by atoms with van der Waals surface area (Å²) in [6, 6.07) is 22.5. The molecule has 3 aromatic rings. The van der Waals surface area contributed by atoms with E-state index in [2.05, 4.69) is 40.1 Å². The second-order valence-electron chi connectivity index (χ2n) is 10.8. The van der Waals surface area contributed by atoms with Crippen LogP contribution in [0.3, 0.4) is 0 Å². The van der Waals surface area contributed by atoms with Crippen LogP contribution in [0, 0.1) is 11.3 Å². The lowest BCUT2D eigenvalue weighted by atomic mass is 9.95. The minimum Gasteiger partial charge on any atom is -0.475 e. The molecule has 9 nitrogen and oxygen atoms in total. The predicted molar refractivity (Wildman–Crippen MR) is 158 cm³/mol. The number of nitrogens with zero attached hydrogens (tertiary/aromatic N) is 6. The number of rotatable bonds is 9. The Hall–Kier alpha value is -4.13. The number of likely N-dealkylation sites (N-methyl/N-ethyl adjacent to an activating group) is 1. The van der Waals surface area contributed by atoms with Crippen LogP contribution in [-0.2, 0) is 30.9 Å². The number of pyridine rings is 1. The second-order valence-corrected chi connectivity index (χ2v) is 10.8. The van der Waals surface area contributed by atoms with Crippen molar-refractivity contribution in [2.75, 3.05) is 64.9 Å². The molecule has 214 valence electrons. The SMILES string of the molecule is CN(C)CCOc1nc(N2CCN(C(=O)OCc3ccccc3)CC2)c2c(c1C#N)CN(Cc1ccccc1)CC2. The molecule has 5 rings (SSSR count). The van der Waals surface area contributed by atoms with Gasteiger partial charge in [-0.05, 0) is 37.2 Å². The molecule has 0 radical (unpaired) electrons. The van der Waals surface area contributed by atoms with E-state index >= 15 is 0 Å². The van der Waals surface area contributed by atoms with E-state index in [1.165, 1.54) is 5.56 Å². The zero-order valence-corrected chi connectivity index (χ0v) is 24.0. The zero-order chi connectivity index (χ0) is 28.6. The predicted octanol–water partition coefficient (Wildman–Crippen LogP) is 3.91. The minimum atomic E-state index is -0.299. The minimum absolute atomic E-state index is 0.262. The van der Waals surface area contributed by atoms with Crippen molar-refractivity contribution in [1.29, 1.82) is 5.26 Å². The van der Waals surface area contributed by atoms with Crippen LogP contribution in [0.5, 0.6) is 5.88 Å². The van der Waals surface area contributed by atoms with E-state index in [0.29, 0.717) is 50.8 Å². The summed E-state index contributed by atoms with van der Waals surface area (Å²) >= 11 is 0. The summed E-state index contributed by atoms with van der Waals surface area (Å²) in [5.41, 5.74) is 4.87. The quantitative estimate of drug-likeness (QED) is 0.394. The van der Waals surface area contributed by atoms with Gasteiger partial charge in [-0.1, -0.05) is 60.7 Å². The fourth-order valence-electron chi connectivity index (χ4n) is 5.34. The monoisotopic (exact) mass is 554 g/mol. The highest BCUT2D eigenvalue weighted by Gasteiger charge is 2.31. The van der Waals surface area contributed by atoms with E-state index in [1.54, 1.807) is 4.90 Å². The Labute approximate surface area is 242 Å². The first kappa shape index (κ1) is 28.4. The number of amides is 1. The summed E-state index contributed by atoms with van der Waals surface area (Å²) < 4.78 is 11.7. The second kappa shape index (κ2) is 13.5. The molecule has 3 heterocycles. The highest BCUT2D eigenvalue weighted by molar-refractivity contribution is 5.68. The van der Waals surface area contributed by atoms with Gasteiger partial charge in [0.1, 0.15) is 30.7 Å². The largest absolute Gasteiger partial charge is 0.475 e. The highest BCUT2D eigenvalue weighted by atomic mass is 16.6. The number of hydrogen-bond acceptors (Lipinski definition) is 8. The Morgan fingerprint density at radius 1 is 0.951 bits per heavy atom.